The average Bonchev–Trinajstić information content (AvgIpc) is 3.28. The van der Waals surface area contributed by atoms with Gasteiger partial charge >= 0.3 is 0 Å². The standard InChI is InChI=1S/C28H29N3O4S/c1-33-21-14-18(15-22(34-2)25(21)35-3)19-16-20(17-10-6-4-7-11-17)30-27-23(19)24(29)26(36-27)28(32)31-12-8-5-9-13-31/h4,6-7,10-11,14-16H,5,8-9,12-13,29H2,1-3H3. The van der Waals surface area contributed by atoms with Crippen LogP contribution in [0.4, 0.5) is 5.69 Å². The first-order valence-corrected chi connectivity index (χ1v) is 12.8. The highest BCUT2D eigenvalue weighted by molar-refractivity contribution is 7.21. The van der Waals surface area contributed by atoms with Crippen molar-refractivity contribution in [3.05, 3.63) is 53.4 Å². The Balaban J connectivity index is 1.75. The molecule has 1 amide bonds. The largest absolute Gasteiger partial charge is 0.493 e. The number of anilines is 1. The van der Waals surface area contributed by atoms with Crippen molar-refractivity contribution in [1.29, 1.82) is 0 Å². The van der Waals surface area contributed by atoms with Crippen molar-refractivity contribution in [2.24, 2.45) is 0 Å². The zero-order valence-corrected chi connectivity index (χ0v) is 21.5. The van der Waals surface area contributed by atoms with Crippen LogP contribution in [-0.2, 0) is 0 Å². The predicted molar refractivity (Wildman–Crippen MR) is 144 cm³/mol. The van der Waals surface area contributed by atoms with E-state index in [-0.39, 0.29) is 5.91 Å². The van der Waals surface area contributed by atoms with Gasteiger partial charge in [0.05, 0.1) is 32.7 Å². The van der Waals surface area contributed by atoms with Gasteiger partial charge in [-0.25, -0.2) is 4.98 Å². The third kappa shape index (κ3) is 4.22. The molecular formula is C28H29N3O4S. The van der Waals surface area contributed by atoms with Gasteiger partial charge in [0.1, 0.15) is 9.71 Å². The zero-order valence-electron chi connectivity index (χ0n) is 20.7. The molecule has 0 aliphatic carbocycles. The molecule has 186 valence electrons. The molecule has 0 unspecified atom stereocenters. The number of aromatic nitrogens is 1. The van der Waals surface area contributed by atoms with Gasteiger partial charge in [0.2, 0.25) is 5.75 Å². The molecule has 2 aromatic heterocycles. The van der Waals surface area contributed by atoms with Crippen LogP contribution in [0.1, 0.15) is 28.9 Å². The van der Waals surface area contributed by atoms with E-state index in [0.717, 1.165) is 65.0 Å². The first kappa shape index (κ1) is 23.9. The number of pyridine rings is 1. The van der Waals surface area contributed by atoms with Crippen LogP contribution in [0.2, 0.25) is 0 Å². The number of piperidine rings is 1. The van der Waals surface area contributed by atoms with Crippen molar-refractivity contribution in [1.82, 2.24) is 9.88 Å². The highest BCUT2D eigenvalue weighted by Crippen LogP contribution is 2.46. The van der Waals surface area contributed by atoms with Crippen molar-refractivity contribution >= 4 is 33.1 Å². The topological polar surface area (TPSA) is 86.9 Å². The van der Waals surface area contributed by atoms with Crippen LogP contribution < -0.4 is 19.9 Å². The minimum Gasteiger partial charge on any atom is -0.493 e. The smallest absolute Gasteiger partial charge is 0.266 e. The summed E-state index contributed by atoms with van der Waals surface area (Å²) in [6, 6.07) is 15.8. The Bertz CT molecular complexity index is 1390. The lowest BCUT2D eigenvalue weighted by atomic mass is 9.98. The maximum absolute atomic E-state index is 13.4. The number of likely N-dealkylation sites (tertiary alicyclic amines) is 1. The van der Waals surface area contributed by atoms with E-state index >= 15 is 0 Å². The fraction of sp³-hybridized carbons (Fsp3) is 0.286. The summed E-state index contributed by atoms with van der Waals surface area (Å²) in [4.78, 5) is 21.6. The van der Waals surface area contributed by atoms with Gasteiger partial charge < -0.3 is 24.8 Å². The molecule has 2 aromatic carbocycles. The van der Waals surface area contributed by atoms with Gasteiger partial charge in [0.25, 0.3) is 5.91 Å². The average molecular weight is 504 g/mol. The number of ether oxygens (including phenoxy) is 3. The zero-order chi connectivity index (χ0) is 25.2. The van der Waals surface area contributed by atoms with E-state index in [4.69, 9.17) is 24.9 Å². The van der Waals surface area contributed by atoms with E-state index in [2.05, 4.69) is 0 Å². The molecule has 3 heterocycles. The number of hydrogen-bond acceptors (Lipinski definition) is 7. The molecular weight excluding hydrogens is 474 g/mol. The molecule has 36 heavy (non-hydrogen) atoms. The Morgan fingerprint density at radius 1 is 0.917 bits per heavy atom. The summed E-state index contributed by atoms with van der Waals surface area (Å²) in [5.74, 6) is 1.57. The molecule has 0 atom stereocenters. The van der Waals surface area contributed by atoms with E-state index in [1.807, 2.05) is 53.4 Å². The second-order valence-electron chi connectivity index (χ2n) is 8.71. The predicted octanol–water partition coefficient (Wildman–Crippen LogP) is 5.86. The number of nitrogens with zero attached hydrogens (tertiary/aromatic N) is 2. The third-order valence-corrected chi connectivity index (χ3v) is 7.67. The van der Waals surface area contributed by atoms with Crippen LogP contribution in [0.15, 0.2) is 48.5 Å². The Labute approximate surface area is 214 Å². The number of hydrogen-bond donors (Lipinski definition) is 1. The van der Waals surface area contributed by atoms with E-state index < -0.39 is 0 Å². The molecule has 4 aromatic rings. The second kappa shape index (κ2) is 10.1. The molecule has 5 rings (SSSR count). The van der Waals surface area contributed by atoms with Crippen LogP contribution in [0.3, 0.4) is 0 Å². The lowest BCUT2D eigenvalue weighted by Crippen LogP contribution is -2.35. The van der Waals surface area contributed by atoms with Crippen LogP contribution in [0.5, 0.6) is 17.2 Å². The molecule has 1 fully saturated rings. The minimum absolute atomic E-state index is 0.0210. The molecule has 1 aliphatic heterocycles. The summed E-state index contributed by atoms with van der Waals surface area (Å²) in [5, 5.41) is 0.759. The van der Waals surface area contributed by atoms with Gasteiger partial charge in [-0.1, -0.05) is 30.3 Å². The number of carbonyl (C=O) groups is 1. The molecule has 0 bridgehead atoms. The van der Waals surface area contributed by atoms with E-state index in [9.17, 15) is 4.79 Å². The van der Waals surface area contributed by atoms with E-state index in [1.54, 1.807) is 21.3 Å². The number of benzene rings is 2. The molecule has 7 nitrogen and oxygen atoms in total. The maximum atomic E-state index is 13.4. The molecule has 8 heteroatoms. The lowest BCUT2D eigenvalue weighted by Gasteiger charge is -2.26. The van der Waals surface area contributed by atoms with Crippen molar-refractivity contribution in [3.8, 4) is 39.6 Å². The third-order valence-electron chi connectivity index (χ3n) is 6.58. The highest BCUT2D eigenvalue weighted by atomic mass is 32.1. The summed E-state index contributed by atoms with van der Waals surface area (Å²) in [6.45, 7) is 1.52. The van der Waals surface area contributed by atoms with Gasteiger partial charge in [-0.3, -0.25) is 4.79 Å². The van der Waals surface area contributed by atoms with E-state index in [1.165, 1.54) is 11.3 Å². The summed E-state index contributed by atoms with van der Waals surface area (Å²) in [7, 11) is 4.76. The summed E-state index contributed by atoms with van der Waals surface area (Å²) in [6.07, 6.45) is 3.19. The Morgan fingerprint density at radius 3 is 2.19 bits per heavy atom. The number of fused-ring (bicyclic) bond motifs is 1. The molecule has 0 spiro atoms. The molecule has 1 saturated heterocycles. The van der Waals surface area contributed by atoms with Crippen molar-refractivity contribution in [2.75, 3.05) is 40.2 Å². The molecule has 0 saturated carbocycles. The maximum Gasteiger partial charge on any atom is 0.266 e. The number of rotatable bonds is 6. The normalized spacial score (nSPS) is 13.6. The Hall–Kier alpha value is -3.78. The summed E-state index contributed by atoms with van der Waals surface area (Å²) >= 11 is 1.36. The molecule has 2 N–H and O–H groups in total. The quantitative estimate of drug-likeness (QED) is 0.354. The van der Waals surface area contributed by atoms with Crippen molar-refractivity contribution in [2.45, 2.75) is 19.3 Å². The van der Waals surface area contributed by atoms with Crippen LogP contribution in [0, 0.1) is 0 Å². The number of methoxy groups -OCH3 is 3. The van der Waals surface area contributed by atoms with Gasteiger partial charge in [-0.15, -0.1) is 11.3 Å². The number of nitrogen functional groups attached to an aromatic ring is 1. The number of amides is 1. The van der Waals surface area contributed by atoms with Gasteiger partial charge in [-0.05, 0) is 48.6 Å². The van der Waals surface area contributed by atoms with Crippen molar-refractivity contribution < 1.29 is 19.0 Å². The van der Waals surface area contributed by atoms with Gasteiger partial charge in [-0.2, -0.15) is 0 Å². The first-order chi connectivity index (χ1) is 17.5. The van der Waals surface area contributed by atoms with Gasteiger partial charge in [0.15, 0.2) is 11.5 Å². The van der Waals surface area contributed by atoms with Crippen LogP contribution in [0.25, 0.3) is 32.6 Å². The summed E-state index contributed by atoms with van der Waals surface area (Å²) in [5.41, 5.74) is 10.6. The van der Waals surface area contributed by atoms with Crippen LogP contribution >= 0.6 is 11.3 Å². The fourth-order valence-corrected chi connectivity index (χ4v) is 5.83. The molecule has 1 aliphatic rings. The first-order valence-electron chi connectivity index (χ1n) is 11.9. The van der Waals surface area contributed by atoms with Crippen LogP contribution in [-0.4, -0.2) is 50.2 Å². The monoisotopic (exact) mass is 503 g/mol. The Morgan fingerprint density at radius 2 is 1.58 bits per heavy atom. The Kier molecular flexibility index (Phi) is 6.69. The van der Waals surface area contributed by atoms with E-state index in [0.29, 0.717) is 27.8 Å². The fourth-order valence-electron chi connectivity index (χ4n) is 4.74. The van der Waals surface area contributed by atoms with Gasteiger partial charge in [0, 0.05) is 24.0 Å². The SMILES string of the molecule is COc1cc(-c2cc(-c3ccccc3)nc3sc(C(=O)N4CCCCC4)c(N)c23)cc(OC)c1OC. The number of carbonyl (C=O) groups excluding carboxylic acids is 1. The second-order valence-corrected chi connectivity index (χ2v) is 9.71. The number of thiophene rings is 1. The minimum atomic E-state index is -0.0210. The highest BCUT2D eigenvalue weighted by Gasteiger charge is 2.26. The number of nitrogens with two attached hydrogens (primary N) is 1. The summed E-state index contributed by atoms with van der Waals surface area (Å²) < 4.78 is 16.7. The lowest BCUT2D eigenvalue weighted by molar-refractivity contribution is 0.0730. The van der Waals surface area contributed by atoms with Crippen molar-refractivity contribution in [3.63, 3.8) is 0 Å². The molecule has 0 radical (unpaired) electrons.